The van der Waals surface area contributed by atoms with Gasteiger partial charge in [0.2, 0.25) is 0 Å². The molecule has 0 unspecified atom stereocenters. The predicted octanol–water partition coefficient (Wildman–Crippen LogP) is 0.263. The summed E-state index contributed by atoms with van der Waals surface area (Å²) in [6.07, 6.45) is 0. The van der Waals surface area contributed by atoms with E-state index in [9.17, 15) is 0 Å². The van der Waals surface area contributed by atoms with Crippen molar-refractivity contribution >= 4 is 0 Å². The average Bonchev–Trinajstić information content (AvgIpc) is 2.04. The molecule has 1 aromatic rings. The van der Waals surface area contributed by atoms with Gasteiger partial charge < -0.3 is 0 Å². The maximum atomic E-state index is 2.39. The van der Waals surface area contributed by atoms with Crippen LogP contribution < -0.4 is 21.2 Å². The van der Waals surface area contributed by atoms with Gasteiger partial charge in [0.15, 0.2) is 0 Å². The minimum atomic E-state index is 0.265. The molecule has 0 saturated carbocycles. The van der Waals surface area contributed by atoms with Crippen molar-refractivity contribution in [3.63, 3.8) is 0 Å². The quantitative estimate of drug-likeness (QED) is 0.541. The summed E-state index contributed by atoms with van der Waals surface area (Å²) in [5, 5.41) is 0. The van der Waals surface area contributed by atoms with Crippen molar-refractivity contribution in [3.05, 3.63) is 33.4 Å². The second-order valence-corrected chi connectivity index (χ2v) is 7.70. The van der Waals surface area contributed by atoms with Crippen LogP contribution in [0.1, 0.15) is 33.3 Å². The zero-order valence-corrected chi connectivity index (χ0v) is 11.1. The van der Waals surface area contributed by atoms with E-state index in [4.69, 9.17) is 0 Å². The monoisotopic (exact) mass is 289 g/mol. The Morgan fingerprint density at radius 1 is 1.23 bits per heavy atom. The molecular formula is C12H18I-. The molecule has 0 nitrogen and oxygen atoms in total. The van der Waals surface area contributed by atoms with Crippen LogP contribution in [-0.2, 0) is 5.41 Å². The zero-order valence-electron chi connectivity index (χ0n) is 8.89. The van der Waals surface area contributed by atoms with Crippen LogP contribution in [0.25, 0.3) is 0 Å². The molecule has 1 heteroatoms. The summed E-state index contributed by atoms with van der Waals surface area (Å²) in [5.74, 6) is 0. The first-order valence-electron chi connectivity index (χ1n) is 4.73. The topological polar surface area (TPSA) is 0 Å². The molecule has 0 aliphatic rings. The molecule has 0 aliphatic carbocycles. The van der Waals surface area contributed by atoms with Crippen LogP contribution in [0.2, 0.25) is 0 Å². The van der Waals surface area contributed by atoms with E-state index < -0.39 is 0 Å². The standard InChI is InChI=1S/C12H18I/c1-5-13-11-8-6-7-10(9-11)12(2,3)4/h6-9H,5H2,1-4H3/q-1. The van der Waals surface area contributed by atoms with Crippen LogP contribution in [0.15, 0.2) is 24.3 Å². The van der Waals surface area contributed by atoms with Crippen LogP contribution in [-0.4, -0.2) is 4.43 Å². The Morgan fingerprint density at radius 3 is 2.46 bits per heavy atom. The molecule has 0 bridgehead atoms. The molecule has 13 heavy (non-hydrogen) atoms. The average molecular weight is 289 g/mol. The van der Waals surface area contributed by atoms with Gasteiger partial charge in [-0.25, -0.2) is 0 Å². The van der Waals surface area contributed by atoms with Crippen LogP contribution >= 0.6 is 0 Å². The molecule has 0 spiro atoms. The van der Waals surface area contributed by atoms with Gasteiger partial charge in [0, 0.05) is 0 Å². The maximum absolute atomic E-state index is 2.39. The molecule has 0 heterocycles. The van der Waals surface area contributed by atoms with Gasteiger partial charge in [0.25, 0.3) is 0 Å². The van der Waals surface area contributed by atoms with Crippen LogP contribution in [0.4, 0.5) is 0 Å². The van der Waals surface area contributed by atoms with Gasteiger partial charge in [-0.1, -0.05) is 0 Å². The number of benzene rings is 1. The van der Waals surface area contributed by atoms with E-state index in [0.717, 1.165) is 0 Å². The van der Waals surface area contributed by atoms with Crippen molar-refractivity contribution in [1.29, 1.82) is 0 Å². The van der Waals surface area contributed by atoms with Crippen molar-refractivity contribution < 1.29 is 21.2 Å². The second kappa shape index (κ2) is 4.45. The fourth-order valence-electron chi connectivity index (χ4n) is 1.19. The number of rotatable bonds is 2. The van der Waals surface area contributed by atoms with E-state index in [1.54, 1.807) is 3.57 Å². The van der Waals surface area contributed by atoms with Crippen molar-refractivity contribution in [3.8, 4) is 0 Å². The first-order chi connectivity index (χ1) is 6.04. The first-order valence-corrected chi connectivity index (χ1v) is 7.34. The van der Waals surface area contributed by atoms with E-state index >= 15 is 0 Å². The number of alkyl halides is 1. The van der Waals surface area contributed by atoms with Crippen molar-refractivity contribution in [1.82, 2.24) is 0 Å². The Kier molecular flexibility index (Phi) is 3.77. The van der Waals surface area contributed by atoms with Gasteiger partial charge in [-0.05, 0) is 0 Å². The van der Waals surface area contributed by atoms with Gasteiger partial charge in [0.1, 0.15) is 0 Å². The molecule has 0 aromatic heterocycles. The van der Waals surface area contributed by atoms with E-state index in [1.807, 2.05) is 0 Å². The third-order valence-corrected chi connectivity index (χ3v) is 4.29. The zero-order chi connectivity index (χ0) is 9.90. The summed E-state index contributed by atoms with van der Waals surface area (Å²) in [6, 6.07) is 9.09. The minimum absolute atomic E-state index is 0.265. The summed E-state index contributed by atoms with van der Waals surface area (Å²) in [7, 11) is 0. The molecule has 1 aromatic carbocycles. The third kappa shape index (κ3) is 3.29. The first kappa shape index (κ1) is 11.0. The van der Waals surface area contributed by atoms with Crippen LogP contribution in [0, 0.1) is 3.57 Å². The fraction of sp³-hybridized carbons (Fsp3) is 0.500. The Morgan fingerprint density at radius 2 is 1.92 bits per heavy atom. The van der Waals surface area contributed by atoms with Gasteiger partial charge in [-0.2, -0.15) is 0 Å². The van der Waals surface area contributed by atoms with Crippen molar-refractivity contribution in [2.75, 3.05) is 4.43 Å². The summed E-state index contributed by atoms with van der Waals surface area (Å²) < 4.78 is 2.92. The molecular weight excluding hydrogens is 271 g/mol. The fourth-order valence-corrected chi connectivity index (χ4v) is 3.09. The summed E-state index contributed by atoms with van der Waals surface area (Å²) in [4.78, 5) is 0. The Balaban J connectivity index is 2.92. The Bertz CT molecular complexity index is 271. The van der Waals surface area contributed by atoms with E-state index in [0.29, 0.717) is 5.41 Å². The Hall–Kier alpha value is -0.0500. The second-order valence-electron chi connectivity index (χ2n) is 4.16. The van der Waals surface area contributed by atoms with Crippen LogP contribution in [0.5, 0.6) is 0 Å². The van der Waals surface area contributed by atoms with E-state index in [2.05, 4.69) is 52.0 Å². The molecule has 0 fully saturated rings. The van der Waals surface area contributed by atoms with E-state index in [1.165, 1.54) is 9.99 Å². The number of halogens is 1. The molecule has 0 radical (unpaired) electrons. The van der Waals surface area contributed by atoms with Crippen LogP contribution in [0.3, 0.4) is 0 Å². The molecule has 1 rings (SSSR count). The molecule has 74 valence electrons. The SMILES string of the molecule is CC[I-]c1cccc(C(C)(C)C)c1. The summed E-state index contributed by atoms with van der Waals surface area (Å²) in [6.45, 7) is 9.10. The van der Waals surface area contributed by atoms with Crippen molar-refractivity contribution in [2.24, 2.45) is 0 Å². The number of hydrogen-bond acceptors (Lipinski definition) is 0. The molecule has 0 N–H and O–H groups in total. The van der Waals surface area contributed by atoms with Gasteiger partial charge in [-0.3, -0.25) is 0 Å². The molecule has 0 atom stereocenters. The summed E-state index contributed by atoms with van der Waals surface area (Å²) in [5.41, 5.74) is 1.77. The van der Waals surface area contributed by atoms with Gasteiger partial charge in [-0.15, -0.1) is 0 Å². The summed E-state index contributed by atoms with van der Waals surface area (Å²) >= 11 is 0.265. The van der Waals surface area contributed by atoms with Crippen molar-refractivity contribution in [2.45, 2.75) is 33.1 Å². The Labute approximate surface area is 92.0 Å². The molecule has 0 saturated heterocycles. The molecule has 0 aliphatic heterocycles. The predicted molar refractivity (Wildman–Crippen MR) is 54.4 cm³/mol. The van der Waals surface area contributed by atoms with E-state index in [-0.39, 0.29) is 21.2 Å². The van der Waals surface area contributed by atoms with Gasteiger partial charge >= 0.3 is 92.1 Å². The molecule has 0 amide bonds. The third-order valence-electron chi connectivity index (χ3n) is 1.98. The normalized spacial score (nSPS) is 12.0. The number of hydrogen-bond donors (Lipinski definition) is 0. The van der Waals surface area contributed by atoms with Gasteiger partial charge in [0.05, 0.1) is 0 Å².